The number of likely N-dealkylation sites (tertiary alicyclic amines) is 1. The third-order valence-corrected chi connectivity index (χ3v) is 6.35. The molecule has 2 fully saturated rings. The second kappa shape index (κ2) is 9.09. The van der Waals surface area contributed by atoms with Crippen LogP contribution in [0, 0.1) is 12.8 Å². The van der Waals surface area contributed by atoms with E-state index < -0.39 is 6.04 Å². The molecule has 1 aromatic carbocycles. The van der Waals surface area contributed by atoms with Gasteiger partial charge in [-0.15, -0.1) is 0 Å². The number of amides is 2. The van der Waals surface area contributed by atoms with E-state index in [9.17, 15) is 9.59 Å². The van der Waals surface area contributed by atoms with Crippen LogP contribution in [0.5, 0.6) is 11.5 Å². The van der Waals surface area contributed by atoms with Crippen LogP contribution in [0.1, 0.15) is 37.0 Å². The van der Waals surface area contributed by atoms with Crippen LogP contribution in [-0.2, 0) is 16.0 Å². The predicted octanol–water partition coefficient (Wildman–Crippen LogP) is 2.98. The number of imide groups is 1. The summed E-state index contributed by atoms with van der Waals surface area (Å²) >= 11 is 0. The Kier molecular flexibility index (Phi) is 6.27. The highest BCUT2D eigenvalue weighted by Gasteiger charge is 2.44. The minimum absolute atomic E-state index is 0.193. The lowest BCUT2D eigenvalue weighted by Gasteiger charge is -2.34. The van der Waals surface area contributed by atoms with E-state index in [1.165, 1.54) is 10.5 Å². The summed E-state index contributed by atoms with van der Waals surface area (Å²) in [6.07, 6.45) is 4.32. The number of rotatable bonds is 7. The van der Waals surface area contributed by atoms with E-state index in [1.807, 2.05) is 12.1 Å². The number of anilines is 1. The molecule has 8 heteroatoms. The summed E-state index contributed by atoms with van der Waals surface area (Å²) < 4.78 is 15.7. The Morgan fingerprint density at radius 1 is 1.10 bits per heavy atom. The Morgan fingerprint density at radius 3 is 2.48 bits per heavy atom. The molecule has 1 atom stereocenters. The van der Waals surface area contributed by atoms with Gasteiger partial charge in [0, 0.05) is 6.07 Å². The molecule has 2 saturated heterocycles. The minimum atomic E-state index is -0.392. The second-order valence-electron chi connectivity index (χ2n) is 8.29. The highest BCUT2D eigenvalue weighted by atomic mass is 16.5. The molecule has 2 amide bonds. The number of benzene rings is 1. The fourth-order valence-corrected chi connectivity index (χ4v) is 4.56. The SMILES string of the molecule is COc1ccc(CCC2CCN(C3CC(=O)N(c4cc(C)on4)C3=O)CC2)cc1OC. The van der Waals surface area contributed by atoms with Crippen molar-refractivity contribution in [2.24, 2.45) is 5.92 Å². The highest BCUT2D eigenvalue weighted by Crippen LogP contribution is 2.31. The van der Waals surface area contributed by atoms with Crippen LogP contribution < -0.4 is 14.4 Å². The van der Waals surface area contributed by atoms with Crippen molar-refractivity contribution in [1.82, 2.24) is 10.1 Å². The van der Waals surface area contributed by atoms with Crippen molar-refractivity contribution in [2.45, 2.75) is 45.1 Å². The van der Waals surface area contributed by atoms with Crippen molar-refractivity contribution in [3.63, 3.8) is 0 Å². The normalized spacial score (nSPS) is 20.5. The maximum Gasteiger partial charge on any atom is 0.252 e. The molecule has 1 aromatic heterocycles. The fraction of sp³-hybridized carbons (Fsp3) is 0.522. The molecule has 4 rings (SSSR count). The van der Waals surface area contributed by atoms with E-state index in [0.29, 0.717) is 17.5 Å². The van der Waals surface area contributed by atoms with Crippen LogP contribution in [0.25, 0.3) is 0 Å². The molecule has 1 unspecified atom stereocenters. The smallest absolute Gasteiger partial charge is 0.252 e. The van der Waals surface area contributed by atoms with E-state index in [1.54, 1.807) is 27.2 Å². The summed E-state index contributed by atoms with van der Waals surface area (Å²) in [4.78, 5) is 28.7. The number of carbonyl (C=O) groups is 2. The first-order valence-corrected chi connectivity index (χ1v) is 10.7. The van der Waals surface area contributed by atoms with Crippen LogP contribution in [0.2, 0.25) is 0 Å². The molecule has 2 aromatic rings. The third kappa shape index (κ3) is 4.44. The van der Waals surface area contributed by atoms with Crippen molar-refractivity contribution >= 4 is 17.6 Å². The van der Waals surface area contributed by atoms with E-state index in [0.717, 1.165) is 50.3 Å². The van der Waals surface area contributed by atoms with Gasteiger partial charge in [0.25, 0.3) is 5.91 Å². The third-order valence-electron chi connectivity index (χ3n) is 6.35. The fourth-order valence-electron chi connectivity index (χ4n) is 4.56. The number of carbonyl (C=O) groups excluding carboxylic acids is 2. The lowest BCUT2D eigenvalue weighted by atomic mass is 9.89. The van der Waals surface area contributed by atoms with E-state index >= 15 is 0 Å². The van der Waals surface area contributed by atoms with Crippen LogP contribution in [0.4, 0.5) is 5.82 Å². The topological polar surface area (TPSA) is 85.1 Å². The minimum Gasteiger partial charge on any atom is -0.493 e. The molecule has 0 bridgehead atoms. The zero-order valence-corrected chi connectivity index (χ0v) is 18.3. The van der Waals surface area contributed by atoms with Crippen LogP contribution >= 0.6 is 0 Å². The van der Waals surface area contributed by atoms with E-state index in [2.05, 4.69) is 16.1 Å². The van der Waals surface area contributed by atoms with Crippen molar-refractivity contribution in [3.05, 3.63) is 35.6 Å². The monoisotopic (exact) mass is 427 g/mol. The van der Waals surface area contributed by atoms with Gasteiger partial charge in [-0.25, -0.2) is 4.90 Å². The Hall–Kier alpha value is -2.87. The summed E-state index contributed by atoms with van der Waals surface area (Å²) in [5, 5.41) is 3.84. The van der Waals surface area contributed by atoms with Crippen molar-refractivity contribution in [3.8, 4) is 11.5 Å². The summed E-state index contributed by atoms with van der Waals surface area (Å²) in [5.74, 6) is 2.57. The zero-order valence-electron chi connectivity index (χ0n) is 18.3. The van der Waals surface area contributed by atoms with Gasteiger partial charge in [-0.1, -0.05) is 11.2 Å². The van der Waals surface area contributed by atoms with Crippen molar-refractivity contribution < 1.29 is 23.6 Å². The molecular formula is C23H29N3O5. The van der Waals surface area contributed by atoms with Gasteiger partial charge in [0.15, 0.2) is 17.3 Å². The predicted molar refractivity (Wildman–Crippen MR) is 114 cm³/mol. The lowest BCUT2D eigenvalue weighted by molar-refractivity contribution is -0.123. The second-order valence-corrected chi connectivity index (χ2v) is 8.29. The van der Waals surface area contributed by atoms with Crippen LogP contribution in [0.15, 0.2) is 28.8 Å². The van der Waals surface area contributed by atoms with Gasteiger partial charge in [-0.3, -0.25) is 14.5 Å². The maximum absolute atomic E-state index is 12.9. The largest absolute Gasteiger partial charge is 0.493 e. The van der Waals surface area contributed by atoms with Gasteiger partial charge in [0.1, 0.15) is 5.76 Å². The lowest BCUT2D eigenvalue weighted by Crippen LogP contribution is -2.46. The molecular weight excluding hydrogens is 398 g/mol. The summed E-state index contributed by atoms with van der Waals surface area (Å²) in [6.45, 7) is 3.39. The Bertz CT molecular complexity index is 948. The number of hydrogen-bond donors (Lipinski definition) is 0. The molecule has 0 saturated carbocycles. The molecule has 31 heavy (non-hydrogen) atoms. The Labute approximate surface area is 182 Å². The summed E-state index contributed by atoms with van der Waals surface area (Å²) in [5.41, 5.74) is 1.23. The molecule has 0 N–H and O–H groups in total. The van der Waals surface area contributed by atoms with E-state index in [-0.39, 0.29) is 18.2 Å². The van der Waals surface area contributed by atoms with Gasteiger partial charge in [-0.05, 0) is 69.3 Å². The number of hydrogen-bond acceptors (Lipinski definition) is 7. The average Bonchev–Trinajstić information content (AvgIpc) is 3.34. The summed E-state index contributed by atoms with van der Waals surface area (Å²) in [6, 6.07) is 7.30. The first kappa shape index (κ1) is 21.4. The number of aromatic nitrogens is 1. The standard InChI is InChI=1S/C23H29N3O5/c1-15-12-21(24-31-15)26-22(27)14-18(23(26)28)25-10-8-16(9-11-25)4-5-17-6-7-19(29-2)20(13-17)30-3/h6-7,12-13,16,18H,4-5,8-11,14H2,1-3H3. The number of ether oxygens (including phenoxy) is 2. The van der Waals surface area contributed by atoms with Crippen LogP contribution in [-0.4, -0.2) is 55.2 Å². The van der Waals surface area contributed by atoms with Gasteiger partial charge in [0.05, 0.1) is 26.7 Å². The first-order valence-electron chi connectivity index (χ1n) is 10.7. The van der Waals surface area contributed by atoms with Crippen LogP contribution in [0.3, 0.4) is 0 Å². The molecule has 2 aliphatic heterocycles. The first-order chi connectivity index (χ1) is 15.0. The maximum atomic E-state index is 12.9. The van der Waals surface area contributed by atoms with Crippen molar-refractivity contribution in [2.75, 3.05) is 32.2 Å². The molecule has 0 aliphatic carbocycles. The van der Waals surface area contributed by atoms with E-state index in [4.69, 9.17) is 14.0 Å². The average molecular weight is 428 g/mol. The van der Waals surface area contributed by atoms with Crippen molar-refractivity contribution in [1.29, 1.82) is 0 Å². The molecule has 3 heterocycles. The highest BCUT2D eigenvalue weighted by molar-refractivity contribution is 6.21. The summed E-state index contributed by atoms with van der Waals surface area (Å²) in [7, 11) is 3.29. The number of methoxy groups -OCH3 is 2. The number of nitrogens with zero attached hydrogens (tertiary/aromatic N) is 3. The number of piperidine rings is 1. The molecule has 2 aliphatic rings. The Balaban J connectivity index is 1.30. The molecule has 0 spiro atoms. The van der Waals surface area contributed by atoms with Gasteiger partial charge in [0.2, 0.25) is 5.91 Å². The van der Waals surface area contributed by atoms with Gasteiger partial charge < -0.3 is 14.0 Å². The Morgan fingerprint density at radius 2 is 1.84 bits per heavy atom. The zero-order chi connectivity index (χ0) is 22.0. The molecule has 8 nitrogen and oxygen atoms in total. The van der Waals surface area contributed by atoms with Gasteiger partial charge in [-0.2, -0.15) is 0 Å². The van der Waals surface area contributed by atoms with Gasteiger partial charge >= 0.3 is 0 Å². The quantitative estimate of drug-likeness (QED) is 0.628. The molecule has 166 valence electrons. The molecule has 0 radical (unpaired) electrons. The number of aryl methyl sites for hydroxylation is 2.